The molecule has 0 aliphatic heterocycles. The van der Waals surface area contributed by atoms with Crippen molar-refractivity contribution in [2.75, 3.05) is 0 Å². The lowest BCUT2D eigenvalue weighted by molar-refractivity contribution is 0.567. The van der Waals surface area contributed by atoms with E-state index in [-0.39, 0.29) is 12.4 Å². The molecule has 1 rings (SSSR count). The van der Waals surface area contributed by atoms with E-state index in [0.717, 1.165) is 0 Å². The van der Waals surface area contributed by atoms with Crippen LogP contribution in [0.2, 0.25) is 0 Å². The maximum atomic E-state index is 4.58. The van der Waals surface area contributed by atoms with Gasteiger partial charge in [0, 0.05) is 0 Å². The quantitative estimate of drug-likeness (QED) is 0.488. The Morgan fingerprint density at radius 3 is 1.67 bits per heavy atom. The fourth-order valence-corrected chi connectivity index (χ4v) is 0.227. The van der Waals surface area contributed by atoms with Gasteiger partial charge in [0.2, 0.25) is 0 Å². The van der Waals surface area contributed by atoms with Crippen molar-refractivity contribution in [3.63, 3.8) is 0 Å². The van der Waals surface area contributed by atoms with Gasteiger partial charge in [0.05, 0.1) is 12.5 Å². The Labute approximate surface area is 42.4 Å². The maximum absolute atomic E-state index is 4.58. The summed E-state index contributed by atoms with van der Waals surface area (Å²) in [6, 6.07) is 3.67. The van der Waals surface area contributed by atoms with Crippen LogP contribution < -0.4 is 0 Å². The van der Waals surface area contributed by atoms with Crippen LogP contribution in [0.1, 0.15) is 0 Å². The predicted molar refractivity (Wildman–Crippen MR) is 26.0 cm³/mol. The van der Waals surface area contributed by atoms with Crippen LogP contribution in [0.15, 0.2) is 29.1 Å². The Bertz CT molecular complexity index is 64.0. The first-order valence-corrected chi connectivity index (χ1v) is 1.47. The van der Waals surface area contributed by atoms with Gasteiger partial charge in [-0.15, -0.1) is 12.4 Å². The molecule has 1 aromatic heterocycles. The highest BCUT2D eigenvalue weighted by molar-refractivity contribution is 5.85. The number of halogens is 1. The van der Waals surface area contributed by atoms with Gasteiger partial charge in [-0.05, 0) is 12.1 Å². The molecule has 0 amide bonds. The largest absolute Gasteiger partial charge is 0.473 e. The molecule has 1 aromatic rings. The topological polar surface area (TPSA) is 13.1 Å². The van der Waals surface area contributed by atoms with Gasteiger partial charge in [0.1, 0.15) is 0 Å². The van der Waals surface area contributed by atoms with Gasteiger partial charge in [0.15, 0.2) is 0 Å². The summed E-state index contributed by atoms with van der Waals surface area (Å²) in [5.41, 5.74) is 0. The lowest BCUT2D eigenvalue weighted by atomic mass is 10.7. The van der Waals surface area contributed by atoms with Crippen LogP contribution in [0.25, 0.3) is 0 Å². The molecular weight excluding hydrogens is 99.5 g/mol. The molecule has 0 saturated carbocycles. The van der Waals surface area contributed by atoms with Crippen molar-refractivity contribution >= 4 is 12.4 Å². The Morgan fingerprint density at radius 1 is 1.00 bits per heavy atom. The van der Waals surface area contributed by atoms with Crippen molar-refractivity contribution in [1.29, 1.82) is 0 Å². The highest BCUT2D eigenvalue weighted by Gasteiger charge is 1.58. The molecule has 2 heteroatoms. The van der Waals surface area contributed by atoms with Crippen molar-refractivity contribution in [3.05, 3.63) is 24.7 Å². The summed E-state index contributed by atoms with van der Waals surface area (Å²) in [5, 5.41) is 0. The second-order valence-electron chi connectivity index (χ2n) is 0.793. The molecule has 0 radical (unpaired) electrons. The summed E-state index contributed by atoms with van der Waals surface area (Å²) in [6.07, 6.45) is 3.25. The molecule has 0 bridgehead atoms. The van der Waals surface area contributed by atoms with Crippen molar-refractivity contribution in [3.8, 4) is 0 Å². The third-order valence-electron chi connectivity index (χ3n) is 0.425. The molecule has 0 unspecified atom stereocenters. The van der Waals surface area contributed by atoms with Crippen LogP contribution in [-0.4, -0.2) is 0 Å². The first kappa shape index (κ1) is 5.57. The maximum Gasteiger partial charge on any atom is 0.0902 e. The van der Waals surface area contributed by atoms with Gasteiger partial charge in [-0.1, -0.05) is 0 Å². The number of hydrogen-bond donors (Lipinski definition) is 0. The molecule has 0 saturated heterocycles. The summed E-state index contributed by atoms with van der Waals surface area (Å²) in [5.74, 6) is 0. The molecule has 0 spiro atoms. The minimum Gasteiger partial charge on any atom is -0.473 e. The highest BCUT2D eigenvalue weighted by atomic mass is 35.5. The molecule has 1 nitrogen and oxygen atoms in total. The van der Waals surface area contributed by atoms with Gasteiger partial charge >= 0.3 is 0 Å². The summed E-state index contributed by atoms with van der Waals surface area (Å²) in [7, 11) is 0. The van der Waals surface area contributed by atoms with Crippen LogP contribution >= 0.6 is 12.4 Å². The lowest BCUT2D eigenvalue weighted by Gasteiger charge is -1.50. The van der Waals surface area contributed by atoms with Crippen LogP contribution in [0.4, 0.5) is 0 Å². The van der Waals surface area contributed by atoms with Crippen LogP contribution in [-0.2, 0) is 0 Å². The third kappa shape index (κ3) is 1.13. The van der Waals surface area contributed by atoms with E-state index in [1.807, 2.05) is 12.1 Å². The normalized spacial score (nSPS) is 6.67. The SMILES string of the molecule is Cl.c1ccoc1. The van der Waals surface area contributed by atoms with E-state index in [1.54, 1.807) is 12.5 Å². The standard InChI is InChI=1S/C4H4O.ClH/c1-2-4-5-3-1;/h1-4H;1H. The monoisotopic (exact) mass is 104 g/mol. The summed E-state index contributed by atoms with van der Waals surface area (Å²) < 4.78 is 4.58. The number of furan rings is 1. The second-order valence-corrected chi connectivity index (χ2v) is 0.793. The molecule has 0 aromatic carbocycles. The van der Waals surface area contributed by atoms with Crippen molar-refractivity contribution < 1.29 is 4.42 Å². The molecular formula is C4H5ClO. The predicted octanol–water partition coefficient (Wildman–Crippen LogP) is 1.70. The Hall–Kier alpha value is -0.430. The molecule has 0 atom stereocenters. The fourth-order valence-electron chi connectivity index (χ4n) is 0.227. The third-order valence-corrected chi connectivity index (χ3v) is 0.425. The summed E-state index contributed by atoms with van der Waals surface area (Å²) >= 11 is 0. The average molecular weight is 105 g/mol. The van der Waals surface area contributed by atoms with E-state index in [2.05, 4.69) is 4.42 Å². The smallest absolute Gasteiger partial charge is 0.0902 e. The zero-order valence-corrected chi connectivity index (χ0v) is 3.94. The molecule has 0 N–H and O–H groups in total. The zero-order chi connectivity index (χ0) is 3.54. The molecule has 0 fully saturated rings. The average Bonchev–Trinajstić information content (AvgIpc) is 1.76. The number of hydrogen-bond acceptors (Lipinski definition) is 1. The van der Waals surface area contributed by atoms with E-state index >= 15 is 0 Å². The fraction of sp³-hybridized carbons (Fsp3) is 0. The van der Waals surface area contributed by atoms with Gasteiger partial charge in [0.25, 0.3) is 0 Å². The second kappa shape index (κ2) is 2.79. The molecule has 1 heterocycles. The molecule has 0 aliphatic rings. The minimum absolute atomic E-state index is 0. The molecule has 0 aliphatic carbocycles. The van der Waals surface area contributed by atoms with E-state index in [4.69, 9.17) is 0 Å². The zero-order valence-electron chi connectivity index (χ0n) is 3.13. The summed E-state index contributed by atoms with van der Waals surface area (Å²) in [4.78, 5) is 0. The van der Waals surface area contributed by atoms with Crippen molar-refractivity contribution in [2.45, 2.75) is 0 Å². The first-order valence-electron chi connectivity index (χ1n) is 1.47. The van der Waals surface area contributed by atoms with E-state index < -0.39 is 0 Å². The van der Waals surface area contributed by atoms with Crippen molar-refractivity contribution in [1.82, 2.24) is 0 Å². The summed E-state index contributed by atoms with van der Waals surface area (Å²) in [6.45, 7) is 0. The van der Waals surface area contributed by atoms with Gasteiger partial charge in [-0.3, -0.25) is 0 Å². The van der Waals surface area contributed by atoms with Gasteiger partial charge in [-0.25, -0.2) is 0 Å². The Morgan fingerprint density at radius 2 is 1.50 bits per heavy atom. The van der Waals surface area contributed by atoms with E-state index in [9.17, 15) is 0 Å². The van der Waals surface area contributed by atoms with E-state index in [0.29, 0.717) is 0 Å². The number of rotatable bonds is 0. The minimum atomic E-state index is 0. The molecule has 34 valence electrons. The first-order chi connectivity index (χ1) is 2.50. The van der Waals surface area contributed by atoms with Crippen LogP contribution in [0.3, 0.4) is 0 Å². The highest BCUT2D eigenvalue weighted by Crippen LogP contribution is 1.79. The molecule has 6 heavy (non-hydrogen) atoms. The van der Waals surface area contributed by atoms with Gasteiger partial charge in [-0.2, -0.15) is 0 Å². The van der Waals surface area contributed by atoms with Gasteiger partial charge < -0.3 is 4.42 Å². The van der Waals surface area contributed by atoms with E-state index in [1.165, 1.54) is 0 Å². The van der Waals surface area contributed by atoms with Crippen LogP contribution in [0, 0.1) is 0 Å². The van der Waals surface area contributed by atoms with Crippen LogP contribution in [0.5, 0.6) is 0 Å². The Kier molecular flexibility index (Phi) is 2.59. The lowest BCUT2D eigenvalue weighted by Crippen LogP contribution is -1.16. The Balaban J connectivity index is 0.000000250. The van der Waals surface area contributed by atoms with Crippen molar-refractivity contribution in [2.24, 2.45) is 0 Å².